The number of aromatic nitrogens is 1. The molecule has 2 fully saturated rings. The van der Waals surface area contributed by atoms with Crippen LogP contribution >= 0.6 is 0 Å². The van der Waals surface area contributed by atoms with Crippen molar-refractivity contribution in [2.45, 2.75) is 51.5 Å². The van der Waals surface area contributed by atoms with E-state index in [1.807, 2.05) is 13.8 Å². The lowest BCUT2D eigenvalue weighted by Crippen LogP contribution is -2.63. The smallest absolute Gasteiger partial charge is 0.259 e. The number of carbonyl (C=O) groups is 1. The van der Waals surface area contributed by atoms with Crippen molar-refractivity contribution in [2.24, 2.45) is 0 Å². The van der Waals surface area contributed by atoms with Gasteiger partial charge in [0, 0.05) is 19.6 Å². The average molecular weight is 277 g/mol. The van der Waals surface area contributed by atoms with Gasteiger partial charge in [-0.05, 0) is 26.7 Å². The Bertz CT molecular complexity index is 475. The van der Waals surface area contributed by atoms with Gasteiger partial charge in [0.25, 0.3) is 5.91 Å². The zero-order valence-corrected chi connectivity index (χ0v) is 12.4. The third-order valence-electron chi connectivity index (χ3n) is 4.82. The zero-order chi connectivity index (χ0) is 14.2. The highest BCUT2D eigenvalue weighted by Crippen LogP contribution is 2.36. The van der Waals surface area contributed by atoms with E-state index in [1.165, 1.54) is 19.3 Å². The molecule has 5 nitrogen and oxygen atoms in total. The van der Waals surface area contributed by atoms with Crippen LogP contribution in [0.15, 0.2) is 4.52 Å². The van der Waals surface area contributed by atoms with Crippen molar-refractivity contribution in [2.75, 3.05) is 19.6 Å². The molecule has 1 N–H and O–H groups in total. The maximum atomic E-state index is 13.0. The summed E-state index contributed by atoms with van der Waals surface area (Å²) in [7, 11) is 0. The molecule has 1 aromatic heterocycles. The highest BCUT2D eigenvalue weighted by molar-refractivity contribution is 5.96. The molecule has 0 aromatic carbocycles. The van der Waals surface area contributed by atoms with E-state index in [9.17, 15) is 4.79 Å². The number of nitrogens with zero attached hydrogens (tertiary/aromatic N) is 2. The first-order chi connectivity index (χ1) is 9.64. The van der Waals surface area contributed by atoms with E-state index in [2.05, 4.69) is 15.4 Å². The Morgan fingerprint density at radius 1 is 1.30 bits per heavy atom. The highest BCUT2D eigenvalue weighted by Gasteiger charge is 2.43. The van der Waals surface area contributed by atoms with Crippen LogP contribution in [0.4, 0.5) is 0 Å². The first kappa shape index (κ1) is 13.6. The molecular formula is C15H23N3O2. The summed E-state index contributed by atoms with van der Waals surface area (Å²) in [6.45, 7) is 6.24. The third-order valence-corrected chi connectivity index (χ3v) is 4.82. The zero-order valence-electron chi connectivity index (χ0n) is 12.4. The number of amides is 1. The number of aryl methyl sites for hydroxylation is 2. The number of carbonyl (C=O) groups excluding carboxylic acids is 1. The summed E-state index contributed by atoms with van der Waals surface area (Å²) in [5.41, 5.74) is 1.37. The number of nitrogens with one attached hydrogen (secondary N) is 1. The second-order valence-corrected chi connectivity index (χ2v) is 6.12. The fourth-order valence-corrected chi connectivity index (χ4v) is 3.74. The Balaban J connectivity index is 1.92. The minimum atomic E-state index is 0.00370. The Labute approximate surface area is 119 Å². The maximum absolute atomic E-state index is 13.0. The second-order valence-electron chi connectivity index (χ2n) is 6.12. The fourth-order valence-electron chi connectivity index (χ4n) is 3.74. The molecule has 2 heterocycles. The standard InChI is InChI=1S/C15H23N3O2/c1-11-13(12(2)20-17-11)14(19)18-9-8-16-10-15(18)6-4-3-5-7-15/h16H,3-10H2,1-2H3. The normalized spacial score (nSPS) is 22.2. The van der Waals surface area contributed by atoms with Gasteiger partial charge in [0.05, 0.1) is 11.2 Å². The van der Waals surface area contributed by atoms with E-state index in [4.69, 9.17) is 4.52 Å². The molecule has 20 heavy (non-hydrogen) atoms. The molecule has 1 saturated carbocycles. The van der Waals surface area contributed by atoms with Crippen LogP contribution < -0.4 is 5.32 Å². The molecule has 1 aliphatic heterocycles. The van der Waals surface area contributed by atoms with Crippen molar-refractivity contribution in [3.63, 3.8) is 0 Å². The topological polar surface area (TPSA) is 58.4 Å². The van der Waals surface area contributed by atoms with E-state index in [1.54, 1.807) is 0 Å². The number of piperazine rings is 1. The van der Waals surface area contributed by atoms with Crippen LogP contribution in [0.1, 0.15) is 53.9 Å². The van der Waals surface area contributed by atoms with Gasteiger partial charge in [-0.1, -0.05) is 24.4 Å². The van der Waals surface area contributed by atoms with Gasteiger partial charge in [-0.25, -0.2) is 0 Å². The number of rotatable bonds is 1. The molecule has 0 atom stereocenters. The van der Waals surface area contributed by atoms with Crippen LogP contribution in [-0.4, -0.2) is 41.1 Å². The summed E-state index contributed by atoms with van der Waals surface area (Å²) in [5.74, 6) is 0.738. The quantitative estimate of drug-likeness (QED) is 0.853. The third kappa shape index (κ3) is 2.14. The largest absolute Gasteiger partial charge is 0.361 e. The van der Waals surface area contributed by atoms with Gasteiger partial charge in [0.1, 0.15) is 11.3 Å². The van der Waals surface area contributed by atoms with Gasteiger partial charge in [-0.15, -0.1) is 0 Å². The first-order valence-electron chi connectivity index (χ1n) is 7.60. The highest BCUT2D eigenvalue weighted by atomic mass is 16.5. The van der Waals surface area contributed by atoms with Crippen LogP contribution in [0.5, 0.6) is 0 Å². The van der Waals surface area contributed by atoms with Gasteiger partial charge in [0.15, 0.2) is 0 Å². The molecule has 1 spiro atoms. The van der Waals surface area contributed by atoms with Gasteiger partial charge in [-0.3, -0.25) is 4.79 Å². The van der Waals surface area contributed by atoms with Crippen LogP contribution in [0.2, 0.25) is 0 Å². The Hall–Kier alpha value is -1.36. The van der Waals surface area contributed by atoms with Crippen molar-refractivity contribution in [1.82, 2.24) is 15.4 Å². The predicted octanol–water partition coefficient (Wildman–Crippen LogP) is 2.04. The van der Waals surface area contributed by atoms with Gasteiger partial charge < -0.3 is 14.7 Å². The Morgan fingerprint density at radius 2 is 2.05 bits per heavy atom. The van der Waals surface area contributed by atoms with Crippen LogP contribution in [0.3, 0.4) is 0 Å². The van der Waals surface area contributed by atoms with Crippen molar-refractivity contribution >= 4 is 5.91 Å². The first-order valence-corrected chi connectivity index (χ1v) is 7.60. The number of hydrogen-bond acceptors (Lipinski definition) is 4. The van der Waals surface area contributed by atoms with Crippen molar-refractivity contribution in [3.8, 4) is 0 Å². The molecule has 1 aromatic rings. The van der Waals surface area contributed by atoms with Crippen LogP contribution in [-0.2, 0) is 0 Å². The average Bonchev–Trinajstić information content (AvgIpc) is 2.79. The van der Waals surface area contributed by atoms with Gasteiger partial charge >= 0.3 is 0 Å². The van der Waals surface area contributed by atoms with Crippen LogP contribution in [0, 0.1) is 13.8 Å². The molecule has 5 heteroatoms. The monoisotopic (exact) mass is 277 g/mol. The summed E-state index contributed by atoms with van der Waals surface area (Å²) in [5, 5.41) is 7.40. The summed E-state index contributed by atoms with van der Waals surface area (Å²) in [6, 6.07) is 0. The van der Waals surface area contributed by atoms with Crippen molar-refractivity contribution in [1.29, 1.82) is 0 Å². The summed E-state index contributed by atoms with van der Waals surface area (Å²) < 4.78 is 5.17. The van der Waals surface area contributed by atoms with Gasteiger partial charge in [0.2, 0.25) is 0 Å². The van der Waals surface area contributed by atoms with Crippen molar-refractivity contribution < 1.29 is 9.32 Å². The molecular weight excluding hydrogens is 254 g/mol. The molecule has 3 rings (SSSR count). The maximum Gasteiger partial charge on any atom is 0.259 e. The van der Waals surface area contributed by atoms with E-state index < -0.39 is 0 Å². The molecule has 2 aliphatic rings. The summed E-state index contributed by atoms with van der Waals surface area (Å²) >= 11 is 0. The van der Waals surface area contributed by atoms with Gasteiger partial charge in [-0.2, -0.15) is 0 Å². The van der Waals surface area contributed by atoms with E-state index in [0.717, 1.165) is 32.5 Å². The molecule has 1 aliphatic carbocycles. The van der Waals surface area contributed by atoms with Crippen molar-refractivity contribution in [3.05, 3.63) is 17.0 Å². The Morgan fingerprint density at radius 3 is 2.70 bits per heavy atom. The Kier molecular flexibility index (Phi) is 3.54. The van der Waals surface area contributed by atoms with E-state index in [-0.39, 0.29) is 11.4 Å². The number of hydrogen-bond donors (Lipinski definition) is 1. The molecule has 110 valence electrons. The molecule has 1 saturated heterocycles. The summed E-state index contributed by atoms with van der Waals surface area (Å²) in [6.07, 6.45) is 5.93. The molecule has 0 bridgehead atoms. The minimum absolute atomic E-state index is 0.00370. The lowest BCUT2D eigenvalue weighted by atomic mass is 9.78. The van der Waals surface area contributed by atoms with Crippen LogP contribution in [0.25, 0.3) is 0 Å². The minimum Gasteiger partial charge on any atom is -0.361 e. The molecule has 0 unspecified atom stereocenters. The molecule has 1 amide bonds. The molecule has 0 radical (unpaired) electrons. The fraction of sp³-hybridized carbons (Fsp3) is 0.733. The predicted molar refractivity (Wildman–Crippen MR) is 75.7 cm³/mol. The van der Waals surface area contributed by atoms with E-state index >= 15 is 0 Å². The van der Waals surface area contributed by atoms with E-state index in [0.29, 0.717) is 17.0 Å². The second kappa shape index (κ2) is 5.20. The summed E-state index contributed by atoms with van der Waals surface area (Å²) in [4.78, 5) is 15.1. The lowest BCUT2D eigenvalue weighted by Gasteiger charge is -2.49. The lowest BCUT2D eigenvalue weighted by molar-refractivity contribution is 0.0220. The SMILES string of the molecule is Cc1noc(C)c1C(=O)N1CCNCC12CCCCC2.